The van der Waals surface area contributed by atoms with Crippen LogP contribution in [-0.4, -0.2) is 5.78 Å². The highest BCUT2D eigenvalue weighted by Gasteiger charge is 2.56. The molecule has 0 bridgehead atoms. The molecule has 4 rings (SSSR count). The van der Waals surface area contributed by atoms with Crippen LogP contribution in [0.1, 0.15) is 64.5 Å². The average Bonchev–Trinajstić information content (AvgIpc) is 2.85. The first-order valence-electron chi connectivity index (χ1n) is 9.80. The van der Waals surface area contributed by atoms with Gasteiger partial charge in [-0.25, -0.2) is 0 Å². The fraction of sp³-hybridized carbons (Fsp3) is 0.458. The highest BCUT2D eigenvalue weighted by Crippen LogP contribution is 2.59. The molecule has 1 aromatic carbocycles. The fourth-order valence-electron chi connectivity index (χ4n) is 5.33. The third kappa shape index (κ3) is 2.64. The normalized spacial score (nSPS) is 28.1. The molecule has 4 heteroatoms. The molecule has 2 unspecified atom stereocenters. The van der Waals surface area contributed by atoms with E-state index in [1.165, 1.54) is 34.4 Å². The van der Waals surface area contributed by atoms with Crippen LogP contribution >= 0.6 is 0 Å². The summed E-state index contributed by atoms with van der Waals surface area (Å²) in [4.78, 5) is 13.4. The van der Waals surface area contributed by atoms with Crippen molar-refractivity contribution in [2.45, 2.75) is 65.0 Å². The predicted octanol–water partition coefficient (Wildman–Crippen LogP) is 6.70. The summed E-state index contributed by atoms with van der Waals surface area (Å²) in [5.41, 5.74) is 6.79. The highest BCUT2D eigenvalue weighted by molar-refractivity contribution is 6.04. The first-order valence-corrected chi connectivity index (χ1v) is 9.80. The Hall–Kier alpha value is -2.10. The predicted molar refractivity (Wildman–Crippen MR) is 104 cm³/mol. The number of hydrogen-bond acceptors (Lipinski definition) is 1. The maximum Gasteiger partial charge on any atom is 0.416 e. The van der Waals surface area contributed by atoms with E-state index in [1.54, 1.807) is 12.1 Å². The molecule has 3 aliphatic rings. The van der Waals surface area contributed by atoms with E-state index in [4.69, 9.17) is 0 Å². The summed E-state index contributed by atoms with van der Waals surface area (Å²) in [7, 11) is 0. The summed E-state index contributed by atoms with van der Waals surface area (Å²) < 4.78 is 39.3. The topological polar surface area (TPSA) is 17.1 Å². The Bertz CT molecular complexity index is 957. The second-order valence-corrected chi connectivity index (χ2v) is 8.78. The number of rotatable bonds is 1. The fourth-order valence-corrected chi connectivity index (χ4v) is 5.33. The van der Waals surface area contributed by atoms with Gasteiger partial charge in [0.25, 0.3) is 0 Å². The Morgan fingerprint density at radius 3 is 2.11 bits per heavy atom. The lowest BCUT2D eigenvalue weighted by molar-refractivity contribution is -0.137. The molecule has 2 atom stereocenters. The van der Waals surface area contributed by atoms with Crippen molar-refractivity contribution in [1.29, 1.82) is 0 Å². The number of carbonyl (C=O) groups excluding carboxylic acids is 1. The van der Waals surface area contributed by atoms with Crippen LogP contribution in [-0.2, 0) is 16.4 Å². The smallest absolute Gasteiger partial charge is 0.294 e. The zero-order valence-corrected chi connectivity index (χ0v) is 16.8. The van der Waals surface area contributed by atoms with Gasteiger partial charge in [0.2, 0.25) is 0 Å². The summed E-state index contributed by atoms with van der Waals surface area (Å²) in [5.74, 6) is 0.00485. The quantitative estimate of drug-likeness (QED) is 0.491. The minimum absolute atomic E-state index is 0.198. The van der Waals surface area contributed by atoms with Crippen molar-refractivity contribution in [1.82, 2.24) is 0 Å². The minimum Gasteiger partial charge on any atom is -0.294 e. The number of hydrogen-bond donors (Lipinski definition) is 0. The molecule has 0 fully saturated rings. The average molecular weight is 386 g/mol. The number of ketones is 1. The lowest BCUT2D eigenvalue weighted by Gasteiger charge is -2.43. The largest absolute Gasteiger partial charge is 0.416 e. The Morgan fingerprint density at radius 2 is 1.50 bits per heavy atom. The van der Waals surface area contributed by atoms with Gasteiger partial charge in [-0.3, -0.25) is 4.79 Å². The second-order valence-electron chi connectivity index (χ2n) is 8.78. The molecular weight excluding hydrogens is 361 g/mol. The van der Waals surface area contributed by atoms with Crippen LogP contribution in [0.2, 0.25) is 0 Å². The van der Waals surface area contributed by atoms with Gasteiger partial charge in [-0.05, 0) is 82.2 Å². The van der Waals surface area contributed by atoms with Crippen LogP contribution in [0.4, 0.5) is 13.2 Å². The van der Waals surface area contributed by atoms with Crippen molar-refractivity contribution in [2.24, 2.45) is 5.92 Å². The molecule has 0 radical (unpaired) electrons. The van der Waals surface area contributed by atoms with Crippen molar-refractivity contribution in [3.63, 3.8) is 0 Å². The lowest BCUT2D eigenvalue weighted by Crippen LogP contribution is -2.39. The van der Waals surface area contributed by atoms with Crippen molar-refractivity contribution < 1.29 is 18.0 Å². The second kappa shape index (κ2) is 6.20. The van der Waals surface area contributed by atoms with E-state index in [0.717, 1.165) is 23.1 Å². The van der Waals surface area contributed by atoms with Crippen LogP contribution < -0.4 is 0 Å². The molecule has 3 aliphatic carbocycles. The summed E-state index contributed by atoms with van der Waals surface area (Å²) >= 11 is 0. The van der Waals surface area contributed by atoms with Gasteiger partial charge in [-0.15, -0.1) is 0 Å². The third-order valence-corrected chi connectivity index (χ3v) is 7.23. The molecule has 0 saturated heterocycles. The van der Waals surface area contributed by atoms with Gasteiger partial charge >= 0.3 is 6.18 Å². The van der Waals surface area contributed by atoms with E-state index in [1.807, 2.05) is 0 Å². The van der Waals surface area contributed by atoms with Crippen LogP contribution in [0.5, 0.6) is 0 Å². The summed E-state index contributed by atoms with van der Waals surface area (Å²) in [6.45, 7) is 8.35. The Morgan fingerprint density at radius 1 is 0.893 bits per heavy atom. The highest BCUT2D eigenvalue weighted by atomic mass is 19.4. The molecule has 1 nitrogen and oxygen atoms in total. The number of halogens is 3. The third-order valence-electron chi connectivity index (χ3n) is 7.23. The molecule has 0 N–H and O–H groups in total. The SMILES string of the molecule is CC1=C(C)CC2=C(C1)C(=O)C1CC(C)=C(C)CC21c1ccc(C(F)(F)F)cc1. The molecule has 0 spiro atoms. The molecule has 0 aromatic heterocycles. The Labute approximate surface area is 164 Å². The molecule has 28 heavy (non-hydrogen) atoms. The van der Waals surface area contributed by atoms with Gasteiger partial charge in [0.05, 0.1) is 5.56 Å². The summed E-state index contributed by atoms with van der Waals surface area (Å²) in [5, 5.41) is 0. The number of carbonyl (C=O) groups is 1. The standard InChI is InChI=1S/C24H25F3O/c1-13-9-19-20(10-14(13)2)23(12-16(4)15(3)11-21(23)22(19)28)17-5-7-18(8-6-17)24(25,26)27/h5-8,21H,9-12H2,1-4H3. The number of alkyl halides is 3. The maximum absolute atomic E-state index is 13.4. The maximum atomic E-state index is 13.4. The summed E-state index contributed by atoms with van der Waals surface area (Å²) in [6.07, 6.45) is -1.53. The van der Waals surface area contributed by atoms with E-state index in [-0.39, 0.29) is 11.7 Å². The van der Waals surface area contributed by atoms with E-state index in [0.29, 0.717) is 19.3 Å². The molecule has 0 heterocycles. The Balaban J connectivity index is 1.90. The van der Waals surface area contributed by atoms with Gasteiger partial charge < -0.3 is 0 Å². The molecule has 0 saturated carbocycles. The molecule has 0 aliphatic heterocycles. The van der Waals surface area contributed by atoms with Gasteiger partial charge in [0, 0.05) is 11.3 Å². The zero-order chi connectivity index (χ0) is 20.4. The van der Waals surface area contributed by atoms with Gasteiger partial charge in [0.15, 0.2) is 5.78 Å². The van der Waals surface area contributed by atoms with Crippen LogP contribution in [0, 0.1) is 5.92 Å². The van der Waals surface area contributed by atoms with Crippen molar-refractivity contribution in [3.8, 4) is 0 Å². The first-order chi connectivity index (χ1) is 13.1. The first kappa shape index (κ1) is 19.2. The van der Waals surface area contributed by atoms with E-state index >= 15 is 0 Å². The Kier molecular flexibility index (Phi) is 4.26. The van der Waals surface area contributed by atoms with Crippen LogP contribution in [0.3, 0.4) is 0 Å². The zero-order valence-electron chi connectivity index (χ0n) is 16.8. The number of allylic oxidation sites excluding steroid dienone is 6. The van der Waals surface area contributed by atoms with Gasteiger partial charge in [-0.2, -0.15) is 13.2 Å². The molecular formula is C24H25F3O. The minimum atomic E-state index is -4.36. The van der Waals surface area contributed by atoms with Crippen LogP contribution in [0.15, 0.2) is 57.7 Å². The van der Waals surface area contributed by atoms with Crippen molar-refractivity contribution in [3.05, 3.63) is 68.8 Å². The van der Waals surface area contributed by atoms with E-state index < -0.39 is 17.2 Å². The van der Waals surface area contributed by atoms with E-state index in [2.05, 4.69) is 27.7 Å². The number of Topliss-reactive ketones (excluding diaryl/α,β-unsaturated/α-hetero) is 1. The van der Waals surface area contributed by atoms with E-state index in [9.17, 15) is 18.0 Å². The molecule has 1 aromatic rings. The number of benzene rings is 1. The summed E-state index contributed by atoms with van der Waals surface area (Å²) in [6, 6.07) is 5.55. The van der Waals surface area contributed by atoms with Crippen LogP contribution in [0.25, 0.3) is 0 Å². The molecule has 0 amide bonds. The monoisotopic (exact) mass is 386 g/mol. The molecule has 148 valence electrons. The van der Waals surface area contributed by atoms with Crippen molar-refractivity contribution >= 4 is 5.78 Å². The van der Waals surface area contributed by atoms with Crippen molar-refractivity contribution in [2.75, 3.05) is 0 Å². The van der Waals surface area contributed by atoms with Gasteiger partial charge in [-0.1, -0.05) is 34.4 Å². The lowest BCUT2D eigenvalue weighted by atomic mass is 9.59. The number of fused-ring (bicyclic) bond motifs is 2. The van der Waals surface area contributed by atoms with Gasteiger partial charge in [0.1, 0.15) is 0 Å².